The third kappa shape index (κ3) is 1.81. The minimum atomic E-state index is 0.642. The van der Waals surface area contributed by atoms with Crippen molar-refractivity contribution in [1.82, 2.24) is 9.97 Å². The van der Waals surface area contributed by atoms with Crippen LogP contribution in [0.15, 0.2) is 16.6 Å². The van der Waals surface area contributed by atoms with Gasteiger partial charge in [0, 0.05) is 10.4 Å². The Bertz CT molecular complexity index is 692. The maximum atomic E-state index is 6.13. The van der Waals surface area contributed by atoms with Crippen LogP contribution in [-0.4, -0.2) is 9.97 Å². The summed E-state index contributed by atoms with van der Waals surface area (Å²) in [5, 5.41) is 0. The zero-order chi connectivity index (χ0) is 14.1. The fourth-order valence-electron chi connectivity index (χ4n) is 5.66. The van der Waals surface area contributed by atoms with Gasteiger partial charge < -0.3 is 10.7 Å². The summed E-state index contributed by atoms with van der Waals surface area (Å²) in [4.78, 5) is 8.48. The number of nitrogens with one attached hydrogen (secondary N) is 1. The van der Waals surface area contributed by atoms with Gasteiger partial charge in [-0.2, -0.15) is 0 Å². The molecule has 0 spiro atoms. The second-order valence-electron chi connectivity index (χ2n) is 7.47. The minimum absolute atomic E-state index is 0.642. The SMILES string of the molecule is Nc1cc(Br)cc2[nH]c(C3C4CC5CC(C4)CC3C5)nc12. The van der Waals surface area contributed by atoms with E-state index in [0.717, 1.165) is 44.9 Å². The van der Waals surface area contributed by atoms with Crippen LogP contribution in [-0.2, 0) is 0 Å². The third-order valence-corrected chi connectivity index (χ3v) is 6.60. The van der Waals surface area contributed by atoms with Gasteiger partial charge in [0.05, 0.1) is 11.2 Å². The molecule has 4 bridgehead atoms. The highest BCUT2D eigenvalue weighted by Gasteiger charge is 2.49. The maximum absolute atomic E-state index is 6.13. The fraction of sp³-hybridized carbons (Fsp3) is 0.588. The number of nitrogen functional groups attached to an aromatic ring is 1. The second-order valence-corrected chi connectivity index (χ2v) is 8.39. The number of anilines is 1. The standard InChI is InChI=1S/C17H20BrN3/c18-12-6-13(19)16-14(7-12)20-17(21-16)15-10-2-8-1-9(4-10)5-11(15)3-8/h6-11,15H,1-5,19H2,(H,20,21). The Labute approximate surface area is 132 Å². The van der Waals surface area contributed by atoms with Crippen LogP contribution in [0.4, 0.5) is 5.69 Å². The molecule has 4 saturated carbocycles. The monoisotopic (exact) mass is 345 g/mol. The molecule has 4 heteroatoms. The lowest BCUT2D eigenvalue weighted by Gasteiger charge is -2.53. The van der Waals surface area contributed by atoms with Gasteiger partial charge in [-0.3, -0.25) is 0 Å². The van der Waals surface area contributed by atoms with Gasteiger partial charge in [-0.05, 0) is 67.9 Å². The quantitative estimate of drug-likeness (QED) is 0.750. The molecule has 0 aliphatic heterocycles. The van der Waals surface area contributed by atoms with Crippen LogP contribution in [0.5, 0.6) is 0 Å². The van der Waals surface area contributed by atoms with Crippen LogP contribution in [0.2, 0.25) is 0 Å². The molecule has 0 amide bonds. The van der Waals surface area contributed by atoms with Crippen molar-refractivity contribution in [2.45, 2.75) is 38.0 Å². The van der Waals surface area contributed by atoms with Crippen molar-refractivity contribution in [3.63, 3.8) is 0 Å². The third-order valence-electron chi connectivity index (χ3n) is 6.14. The summed E-state index contributed by atoms with van der Waals surface area (Å²) in [7, 11) is 0. The van der Waals surface area contributed by atoms with Crippen molar-refractivity contribution in [3.8, 4) is 0 Å². The number of rotatable bonds is 1. The summed E-state index contributed by atoms with van der Waals surface area (Å²) in [6.45, 7) is 0. The largest absolute Gasteiger partial charge is 0.397 e. The van der Waals surface area contributed by atoms with Gasteiger partial charge in [0.2, 0.25) is 0 Å². The average molecular weight is 346 g/mol. The van der Waals surface area contributed by atoms with E-state index in [0.29, 0.717) is 5.92 Å². The molecule has 0 saturated heterocycles. The first kappa shape index (κ1) is 12.5. The smallest absolute Gasteiger partial charge is 0.112 e. The Morgan fingerprint density at radius 3 is 2.38 bits per heavy atom. The Kier molecular flexibility index (Phi) is 2.53. The number of halogens is 1. The molecule has 0 atom stereocenters. The van der Waals surface area contributed by atoms with Gasteiger partial charge in [-0.15, -0.1) is 0 Å². The summed E-state index contributed by atoms with van der Waals surface area (Å²) in [6, 6.07) is 4.04. The van der Waals surface area contributed by atoms with E-state index in [2.05, 4.69) is 27.0 Å². The Hall–Kier alpha value is -1.03. The lowest BCUT2D eigenvalue weighted by Crippen LogP contribution is -2.44. The fourth-order valence-corrected chi connectivity index (χ4v) is 6.13. The molecule has 3 N–H and O–H groups in total. The number of nitrogens with two attached hydrogens (primary N) is 1. The second kappa shape index (κ2) is 4.25. The molecule has 0 unspecified atom stereocenters. The maximum Gasteiger partial charge on any atom is 0.112 e. The van der Waals surface area contributed by atoms with E-state index in [4.69, 9.17) is 10.7 Å². The van der Waals surface area contributed by atoms with Crippen LogP contribution < -0.4 is 5.73 Å². The van der Waals surface area contributed by atoms with Gasteiger partial charge in [0.25, 0.3) is 0 Å². The van der Waals surface area contributed by atoms with Gasteiger partial charge in [-0.25, -0.2) is 4.98 Å². The first-order valence-corrected chi connectivity index (χ1v) is 8.91. The molecule has 6 rings (SSSR count). The summed E-state index contributed by atoms with van der Waals surface area (Å²) < 4.78 is 1.02. The number of hydrogen-bond donors (Lipinski definition) is 2. The molecule has 2 aromatic rings. The molecule has 0 radical (unpaired) electrons. The number of fused-ring (bicyclic) bond motifs is 1. The predicted molar refractivity (Wildman–Crippen MR) is 88.0 cm³/mol. The van der Waals surface area contributed by atoms with Crippen LogP contribution in [0.25, 0.3) is 11.0 Å². The number of nitrogens with zero attached hydrogens (tertiary/aromatic N) is 1. The Morgan fingerprint density at radius 2 is 1.71 bits per heavy atom. The summed E-state index contributed by atoms with van der Waals surface area (Å²) >= 11 is 3.52. The number of hydrogen-bond acceptors (Lipinski definition) is 2. The van der Waals surface area contributed by atoms with Crippen LogP contribution in [0, 0.1) is 23.7 Å². The minimum Gasteiger partial charge on any atom is -0.397 e. The van der Waals surface area contributed by atoms with Gasteiger partial charge in [-0.1, -0.05) is 15.9 Å². The molecular formula is C17H20BrN3. The Balaban J connectivity index is 1.60. The van der Waals surface area contributed by atoms with Crippen molar-refractivity contribution < 1.29 is 0 Å². The lowest BCUT2D eigenvalue weighted by molar-refractivity contribution is -0.00528. The normalized spacial score (nSPS) is 37.5. The van der Waals surface area contributed by atoms with E-state index in [9.17, 15) is 0 Å². The van der Waals surface area contributed by atoms with Crippen molar-refractivity contribution in [2.24, 2.45) is 23.7 Å². The number of imidazole rings is 1. The summed E-state index contributed by atoms with van der Waals surface area (Å²) in [5.41, 5.74) is 8.92. The van der Waals surface area contributed by atoms with Gasteiger partial charge >= 0.3 is 0 Å². The van der Waals surface area contributed by atoms with E-state index in [1.807, 2.05) is 6.07 Å². The predicted octanol–water partition coefficient (Wildman–Crippen LogP) is 4.45. The average Bonchev–Trinajstić information content (AvgIpc) is 2.81. The molecule has 1 aromatic heterocycles. The molecule has 3 nitrogen and oxygen atoms in total. The zero-order valence-electron chi connectivity index (χ0n) is 12.0. The van der Waals surface area contributed by atoms with Gasteiger partial charge in [0.1, 0.15) is 11.3 Å². The highest BCUT2D eigenvalue weighted by molar-refractivity contribution is 9.10. The lowest BCUT2D eigenvalue weighted by atomic mass is 9.52. The number of aromatic nitrogens is 2. The molecule has 4 fully saturated rings. The van der Waals surface area contributed by atoms with E-state index in [1.54, 1.807) is 0 Å². The number of H-pyrrole nitrogens is 1. The van der Waals surface area contributed by atoms with Crippen LogP contribution >= 0.6 is 15.9 Å². The van der Waals surface area contributed by atoms with Crippen LogP contribution in [0.3, 0.4) is 0 Å². The summed E-state index contributed by atoms with van der Waals surface area (Å²) in [5.74, 6) is 5.56. The number of benzene rings is 1. The summed E-state index contributed by atoms with van der Waals surface area (Å²) in [6.07, 6.45) is 7.20. The molecule has 1 aromatic carbocycles. The van der Waals surface area contributed by atoms with Crippen molar-refractivity contribution in [1.29, 1.82) is 0 Å². The first-order valence-electron chi connectivity index (χ1n) is 8.12. The van der Waals surface area contributed by atoms with E-state index in [-0.39, 0.29) is 0 Å². The molecule has 110 valence electrons. The van der Waals surface area contributed by atoms with E-state index in [1.165, 1.54) is 37.9 Å². The van der Waals surface area contributed by atoms with E-state index < -0.39 is 0 Å². The van der Waals surface area contributed by atoms with Crippen LogP contribution in [0.1, 0.15) is 43.8 Å². The zero-order valence-corrected chi connectivity index (χ0v) is 13.6. The highest BCUT2D eigenvalue weighted by atomic mass is 79.9. The van der Waals surface area contributed by atoms with Gasteiger partial charge in [0.15, 0.2) is 0 Å². The van der Waals surface area contributed by atoms with E-state index >= 15 is 0 Å². The Morgan fingerprint density at radius 1 is 1.05 bits per heavy atom. The topological polar surface area (TPSA) is 54.7 Å². The molecule has 1 heterocycles. The number of aromatic amines is 1. The first-order chi connectivity index (χ1) is 10.2. The highest BCUT2D eigenvalue weighted by Crippen LogP contribution is 2.59. The van der Waals surface area contributed by atoms with Crippen molar-refractivity contribution >= 4 is 32.7 Å². The molecule has 4 aliphatic rings. The van der Waals surface area contributed by atoms with Crippen molar-refractivity contribution in [2.75, 3.05) is 5.73 Å². The molecular weight excluding hydrogens is 326 g/mol. The molecule has 4 aliphatic carbocycles. The molecule has 21 heavy (non-hydrogen) atoms. The van der Waals surface area contributed by atoms with Crippen molar-refractivity contribution in [3.05, 3.63) is 22.4 Å².